The highest BCUT2D eigenvalue weighted by molar-refractivity contribution is 6.28. The van der Waals surface area contributed by atoms with Crippen molar-refractivity contribution in [3.8, 4) is 0 Å². The van der Waals surface area contributed by atoms with Crippen LogP contribution in [-0.2, 0) is 0 Å². The largest absolute Gasteiger partial charge is 0.289 e. The molecule has 0 unspecified atom stereocenters. The Hall–Kier alpha value is -4.44. The van der Waals surface area contributed by atoms with E-state index in [4.69, 9.17) is 0 Å². The number of aryl methyl sites for hydroxylation is 2. The number of carbonyl (C=O) groups is 2. The van der Waals surface area contributed by atoms with Crippen LogP contribution in [0.25, 0.3) is 0 Å². The maximum Gasteiger partial charge on any atom is 0.194 e. The van der Waals surface area contributed by atoms with Crippen LogP contribution in [0.2, 0.25) is 0 Å². The van der Waals surface area contributed by atoms with Crippen LogP contribution >= 0.6 is 0 Å². The normalized spacial score (nSPS) is 12.9. The SMILES string of the molecule is Cc1ccc(/C=N/c2ccc3c(c2)C(=O)c2ccc(/N=C/c4ccc(C)cc4)cc2C3=O)cc1. The van der Waals surface area contributed by atoms with E-state index in [1.54, 1.807) is 48.8 Å². The highest BCUT2D eigenvalue weighted by Crippen LogP contribution is 2.32. The van der Waals surface area contributed by atoms with E-state index in [0.717, 1.165) is 11.1 Å². The van der Waals surface area contributed by atoms with E-state index >= 15 is 0 Å². The van der Waals surface area contributed by atoms with Gasteiger partial charge in [0, 0.05) is 34.7 Å². The minimum atomic E-state index is -0.175. The molecule has 0 amide bonds. The van der Waals surface area contributed by atoms with Crippen molar-refractivity contribution in [1.82, 2.24) is 0 Å². The first-order valence-electron chi connectivity index (χ1n) is 11.1. The summed E-state index contributed by atoms with van der Waals surface area (Å²) in [5.74, 6) is -0.350. The standard InChI is InChI=1S/C30H22N2O2/c1-19-3-7-21(8-4-19)17-31-23-11-13-25-27(15-23)29(33)26-14-12-24(16-28(26)30(25)34)32-18-22-9-5-20(2)6-10-22/h3-18H,1-2H3/b31-17+,32-18+. The molecule has 4 aromatic rings. The van der Waals surface area contributed by atoms with Gasteiger partial charge in [0.25, 0.3) is 0 Å². The predicted octanol–water partition coefficient (Wildman–Crippen LogP) is 6.58. The zero-order chi connectivity index (χ0) is 23.7. The van der Waals surface area contributed by atoms with Crippen molar-refractivity contribution in [3.05, 3.63) is 129 Å². The van der Waals surface area contributed by atoms with Crippen molar-refractivity contribution in [2.45, 2.75) is 13.8 Å². The van der Waals surface area contributed by atoms with Crippen molar-refractivity contribution >= 4 is 35.4 Å². The maximum absolute atomic E-state index is 13.2. The summed E-state index contributed by atoms with van der Waals surface area (Å²) in [5, 5.41) is 0. The number of rotatable bonds is 4. The molecule has 0 atom stereocenters. The Morgan fingerprint density at radius 3 is 1.26 bits per heavy atom. The van der Waals surface area contributed by atoms with Gasteiger partial charge in [0.2, 0.25) is 0 Å². The number of aliphatic imine (C=N–C) groups is 2. The lowest BCUT2D eigenvalue weighted by atomic mass is 9.83. The van der Waals surface area contributed by atoms with Gasteiger partial charge >= 0.3 is 0 Å². The Kier molecular flexibility index (Phi) is 5.56. The highest BCUT2D eigenvalue weighted by atomic mass is 16.1. The molecular formula is C30H22N2O2. The Balaban J connectivity index is 1.42. The molecule has 5 rings (SSSR count). The monoisotopic (exact) mass is 442 g/mol. The third kappa shape index (κ3) is 4.26. The number of hydrogen-bond donors (Lipinski definition) is 0. The van der Waals surface area contributed by atoms with Gasteiger partial charge in [0.1, 0.15) is 0 Å². The quantitative estimate of drug-likeness (QED) is 0.295. The molecule has 1 aliphatic rings. The maximum atomic E-state index is 13.2. The van der Waals surface area contributed by atoms with Gasteiger partial charge in [0.15, 0.2) is 11.6 Å². The van der Waals surface area contributed by atoms with Crippen LogP contribution in [0.4, 0.5) is 11.4 Å². The lowest BCUT2D eigenvalue weighted by Crippen LogP contribution is -2.20. The van der Waals surface area contributed by atoms with E-state index in [1.807, 2.05) is 62.4 Å². The molecule has 4 aromatic carbocycles. The van der Waals surface area contributed by atoms with Gasteiger partial charge in [-0.15, -0.1) is 0 Å². The Morgan fingerprint density at radius 2 is 0.882 bits per heavy atom. The number of benzene rings is 4. The third-order valence-corrected chi connectivity index (χ3v) is 5.86. The van der Waals surface area contributed by atoms with E-state index < -0.39 is 0 Å². The Labute approximate surface area is 198 Å². The van der Waals surface area contributed by atoms with Gasteiger partial charge in [-0.25, -0.2) is 0 Å². The third-order valence-electron chi connectivity index (χ3n) is 5.86. The van der Waals surface area contributed by atoms with Crippen molar-refractivity contribution in [1.29, 1.82) is 0 Å². The molecule has 0 aliphatic heterocycles. The number of ketones is 2. The molecule has 0 fully saturated rings. The zero-order valence-corrected chi connectivity index (χ0v) is 18.9. The predicted molar refractivity (Wildman–Crippen MR) is 137 cm³/mol. The fraction of sp³-hybridized carbons (Fsp3) is 0.0667. The van der Waals surface area contributed by atoms with Crippen molar-refractivity contribution in [3.63, 3.8) is 0 Å². The fourth-order valence-electron chi connectivity index (χ4n) is 3.89. The van der Waals surface area contributed by atoms with Crippen LogP contribution in [0.3, 0.4) is 0 Å². The van der Waals surface area contributed by atoms with E-state index in [1.165, 1.54) is 11.1 Å². The summed E-state index contributed by atoms with van der Waals surface area (Å²) in [4.78, 5) is 35.4. The molecule has 4 nitrogen and oxygen atoms in total. The molecule has 0 saturated heterocycles. The second kappa shape index (κ2) is 8.83. The van der Waals surface area contributed by atoms with E-state index in [0.29, 0.717) is 33.6 Å². The first-order valence-corrected chi connectivity index (χ1v) is 11.1. The molecule has 0 N–H and O–H groups in total. The van der Waals surface area contributed by atoms with Gasteiger partial charge in [0.05, 0.1) is 11.4 Å². The summed E-state index contributed by atoms with van der Waals surface area (Å²) in [6, 6.07) is 26.3. The summed E-state index contributed by atoms with van der Waals surface area (Å²) in [6.45, 7) is 4.06. The molecule has 1 aliphatic carbocycles. The number of fused-ring (bicyclic) bond motifs is 2. The number of carbonyl (C=O) groups excluding carboxylic acids is 2. The molecule has 0 heterocycles. The van der Waals surface area contributed by atoms with Gasteiger partial charge in [-0.1, -0.05) is 59.7 Å². The zero-order valence-electron chi connectivity index (χ0n) is 18.9. The first kappa shape index (κ1) is 21.4. The minimum absolute atomic E-state index is 0.175. The molecule has 0 spiro atoms. The molecule has 0 aromatic heterocycles. The van der Waals surface area contributed by atoms with E-state index in [9.17, 15) is 9.59 Å². The minimum Gasteiger partial charge on any atom is -0.289 e. The molecular weight excluding hydrogens is 420 g/mol. The molecule has 34 heavy (non-hydrogen) atoms. The van der Waals surface area contributed by atoms with Crippen molar-refractivity contribution in [2.24, 2.45) is 9.98 Å². The second-order valence-corrected chi connectivity index (χ2v) is 8.46. The lowest BCUT2D eigenvalue weighted by molar-refractivity contribution is 0.0979. The van der Waals surface area contributed by atoms with Crippen LogP contribution < -0.4 is 0 Å². The van der Waals surface area contributed by atoms with Crippen LogP contribution in [0.15, 0.2) is 94.9 Å². The average Bonchev–Trinajstić information content (AvgIpc) is 2.86. The van der Waals surface area contributed by atoms with Crippen molar-refractivity contribution < 1.29 is 9.59 Å². The van der Waals surface area contributed by atoms with Crippen LogP contribution in [-0.4, -0.2) is 24.0 Å². The molecule has 0 radical (unpaired) electrons. The van der Waals surface area contributed by atoms with Crippen molar-refractivity contribution in [2.75, 3.05) is 0 Å². The number of hydrogen-bond acceptors (Lipinski definition) is 4. The average molecular weight is 443 g/mol. The van der Waals surface area contributed by atoms with Gasteiger partial charge < -0.3 is 0 Å². The summed E-state index contributed by atoms with van der Waals surface area (Å²) in [7, 11) is 0. The van der Waals surface area contributed by atoms with Gasteiger partial charge in [-0.2, -0.15) is 0 Å². The summed E-state index contributed by atoms with van der Waals surface area (Å²) in [6.07, 6.45) is 3.51. The van der Waals surface area contributed by atoms with E-state index in [-0.39, 0.29) is 11.6 Å². The summed E-state index contributed by atoms with van der Waals surface area (Å²) >= 11 is 0. The molecule has 0 saturated carbocycles. The van der Waals surface area contributed by atoms with Crippen LogP contribution in [0.5, 0.6) is 0 Å². The summed E-state index contributed by atoms with van der Waals surface area (Å²) in [5.41, 5.74) is 7.10. The van der Waals surface area contributed by atoms with Crippen LogP contribution in [0, 0.1) is 13.8 Å². The Bertz CT molecular complexity index is 1360. The lowest BCUT2D eigenvalue weighted by Gasteiger charge is -2.18. The molecule has 164 valence electrons. The Morgan fingerprint density at radius 1 is 0.500 bits per heavy atom. The molecule has 0 bridgehead atoms. The van der Waals surface area contributed by atoms with Gasteiger partial charge in [-0.05, 0) is 61.4 Å². The van der Waals surface area contributed by atoms with Gasteiger partial charge in [-0.3, -0.25) is 19.6 Å². The summed E-state index contributed by atoms with van der Waals surface area (Å²) < 4.78 is 0. The fourth-order valence-corrected chi connectivity index (χ4v) is 3.89. The molecule has 4 heteroatoms. The topological polar surface area (TPSA) is 58.9 Å². The second-order valence-electron chi connectivity index (χ2n) is 8.46. The first-order chi connectivity index (χ1) is 16.5. The smallest absolute Gasteiger partial charge is 0.194 e. The van der Waals surface area contributed by atoms with Crippen LogP contribution in [0.1, 0.15) is 54.1 Å². The number of nitrogens with zero attached hydrogens (tertiary/aromatic N) is 2. The van der Waals surface area contributed by atoms with E-state index in [2.05, 4.69) is 9.98 Å². The highest BCUT2D eigenvalue weighted by Gasteiger charge is 2.30.